The van der Waals surface area contributed by atoms with Crippen LogP contribution in [0, 0.1) is 0 Å². The highest BCUT2D eigenvalue weighted by atomic mass is 15.2. The van der Waals surface area contributed by atoms with Gasteiger partial charge in [0.15, 0.2) is 0 Å². The Morgan fingerprint density at radius 3 is 2.33 bits per heavy atom. The first-order chi connectivity index (χ1) is 8.57. The minimum atomic E-state index is 0.474. The summed E-state index contributed by atoms with van der Waals surface area (Å²) < 4.78 is 0. The lowest BCUT2D eigenvalue weighted by atomic mass is 9.75. The van der Waals surface area contributed by atoms with Crippen molar-refractivity contribution in [1.29, 1.82) is 0 Å². The molecule has 3 nitrogen and oxygen atoms in total. The van der Waals surface area contributed by atoms with Crippen molar-refractivity contribution in [1.82, 2.24) is 15.1 Å². The standard InChI is InChI=1S/C15H31N3/c1-16-13-7-5-8-14(11-13)18(4)12-15(17(2)3)9-6-10-15/h13-14,16H,5-12H2,1-4H3. The van der Waals surface area contributed by atoms with Crippen molar-refractivity contribution in [3.63, 3.8) is 0 Å². The molecular formula is C15H31N3. The van der Waals surface area contributed by atoms with Crippen molar-refractivity contribution in [2.75, 3.05) is 34.7 Å². The molecule has 2 saturated carbocycles. The van der Waals surface area contributed by atoms with Gasteiger partial charge in [-0.05, 0) is 66.7 Å². The summed E-state index contributed by atoms with van der Waals surface area (Å²) in [7, 11) is 8.96. The second kappa shape index (κ2) is 5.89. The predicted octanol–water partition coefficient (Wildman–Crippen LogP) is 1.93. The second-order valence-electron chi connectivity index (χ2n) is 6.69. The van der Waals surface area contributed by atoms with Gasteiger partial charge < -0.3 is 15.1 Å². The number of hydrogen-bond acceptors (Lipinski definition) is 3. The zero-order chi connectivity index (χ0) is 13.2. The predicted molar refractivity (Wildman–Crippen MR) is 78.0 cm³/mol. The average molecular weight is 253 g/mol. The van der Waals surface area contributed by atoms with E-state index in [4.69, 9.17) is 0 Å². The van der Waals surface area contributed by atoms with E-state index in [1.807, 2.05) is 0 Å². The molecule has 0 radical (unpaired) electrons. The minimum absolute atomic E-state index is 0.474. The van der Waals surface area contributed by atoms with Crippen LogP contribution in [-0.2, 0) is 0 Å². The summed E-state index contributed by atoms with van der Waals surface area (Å²) in [5.41, 5.74) is 0.474. The van der Waals surface area contributed by atoms with Gasteiger partial charge in [-0.15, -0.1) is 0 Å². The van der Waals surface area contributed by atoms with Crippen molar-refractivity contribution in [2.45, 2.75) is 62.6 Å². The number of hydrogen-bond donors (Lipinski definition) is 1. The van der Waals surface area contributed by atoms with Crippen LogP contribution in [0.1, 0.15) is 44.9 Å². The summed E-state index contributed by atoms with van der Waals surface area (Å²) in [4.78, 5) is 5.11. The summed E-state index contributed by atoms with van der Waals surface area (Å²) in [6.07, 6.45) is 9.64. The maximum Gasteiger partial charge on any atom is 0.0330 e. The lowest BCUT2D eigenvalue weighted by Gasteiger charge is -2.51. The third kappa shape index (κ3) is 2.89. The molecule has 2 aliphatic carbocycles. The van der Waals surface area contributed by atoms with E-state index >= 15 is 0 Å². The summed E-state index contributed by atoms with van der Waals surface area (Å²) in [6, 6.07) is 1.52. The maximum absolute atomic E-state index is 3.47. The summed E-state index contributed by atoms with van der Waals surface area (Å²) in [5.74, 6) is 0. The Kier molecular flexibility index (Phi) is 4.68. The van der Waals surface area contributed by atoms with E-state index in [1.54, 1.807) is 0 Å². The summed E-state index contributed by atoms with van der Waals surface area (Å²) in [5, 5.41) is 3.47. The molecule has 0 saturated heterocycles. The van der Waals surface area contributed by atoms with Crippen molar-refractivity contribution in [3.05, 3.63) is 0 Å². The fourth-order valence-electron chi connectivity index (χ4n) is 3.75. The Hall–Kier alpha value is -0.120. The van der Waals surface area contributed by atoms with Gasteiger partial charge in [0, 0.05) is 24.2 Å². The third-order valence-electron chi connectivity index (χ3n) is 5.45. The van der Waals surface area contributed by atoms with Gasteiger partial charge in [0.05, 0.1) is 0 Å². The van der Waals surface area contributed by atoms with Gasteiger partial charge in [-0.1, -0.05) is 6.42 Å². The topological polar surface area (TPSA) is 18.5 Å². The Balaban J connectivity index is 1.88. The van der Waals surface area contributed by atoms with Gasteiger partial charge in [0.1, 0.15) is 0 Å². The first-order valence-corrected chi connectivity index (χ1v) is 7.62. The van der Waals surface area contributed by atoms with Crippen LogP contribution in [0.25, 0.3) is 0 Å². The molecule has 2 rings (SSSR count). The molecule has 2 unspecified atom stereocenters. The minimum Gasteiger partial charge on any atom is -0.317 e. The number of likely N-dealkylation sites (N-methyl/N-ethyl adjacent to an activating group) is 2. The van der Waals surface area contributed by atoms with Crippen LogP contribution in [0.2, 0.25) is 0 Å². The molecule has 0 heterocycles. The molecule has 0 aromatic rings. The maximum atomic E-state index is 3.47. The number of rotatable bonds is 5. The largest absolute Gasteiger partial charge is 0.317 e. The first kappa shape index (κ1) is 14.3. The van der Waals surface area contributed by atoms with E-state index < -0.39 is 0 Å². The van der Waals surface area contributed by atoms with Gasteiger partial charge in [-0.25, -0.2) is 0 Å². The quantitative estimate of drug-likeness (QED) is 0.808. The summed E-state index contributed by atoms with van der Waals surface area (Å²) in [6.45, 7) is 1.25. The van der Waals surface area contributed by atoms with Crippen molar-refractivity contribution in [2.24, 2.45) is 0 Å². The molecule has 0 aliphatic heterocycles. The Morgan fingerprint density at radius 1 is 1.11 bits per heavy atom. The highest BCUT2D eigenvalue weighted by molar-refractivity contribution is 4.99. The Bertz CT molecular complexity index is 260. The van der Waals surface area contributed by atoms with Gasteiger partial charge >= 0.3 is 0 Å². The molecular weight excluding hydrogens is 222 g/mol. The van der Waals surface area contributed by atoms with Crippen LogP contribution in [-0.4, -0.2) is 62.2 Å². The van der Waals surface area contributed by atoms with Gasteiger partial charge in [0.2, 0.25) is 0 Å². The van der Waals surface area contributed by atoms with Crippen LogP contribution in [0.3, 0.4) is 0 Å². The van der Waals surface area contributed by atoms with Crippen LogP contribution in [0.5, 0.6) is 0 Å². The second-order valence-corrected chi connectivity index (χ2v) is 6.69. The van der Waals surface area contributed by atoms with Crippen LogP contribution in [0.15, 0.2) is 0 Å². The summed E-state index contributed by atoms with van der Waals surface area (Å²) >= 11 is 0. The molecule has 18 heavy (non-hydrogen) atoms. The van der Waals surface area contributed by atoms with E-state index in [2.05, 4.69) is 43.3 Å². The monoisotopic (exact) mass is 253 g/mol. The van der Waals surface area contributed by atoms with Gasteiger partial charge in [0.25, 0.3) is 0 Å². The molecule has 0 aromatic carbocycles. The van der Waals surface area contributed by atoms with Crippen LogP contribution < -0.4 is 5.32 Å². The lowest BCUT2D eigenvalue weighted by Crippen LogP contribution is -2.58. The van der Waals surface area contributed by atoms with Crippen molar-refractivity contribution >= 4 is 0 Å². The molecule has 0 bridgehead atoms. The SMILES string of the molecule is CNC1CCCC(N(C)CC2(N(C)C)CCC2)C1. The van der Waals surface area contributed by atoms with E-state index in [9.17, 15) is 0 Å². The number of nitrogens with zero attached hydrogens (tertiary/aromatic N) is 2. The number of nitrogens with one attached hydrogen (secondary N) is 1. The van der Waals surface area contributed by atoms with E-state index in [0.717, 1.165) is 12.1 Å². The highest BCUT2D eigenvalue weighted by Crippen LogP contribution is 2.37. The van der Waals surface area contributed by atoms with Crippen LogP contribution in [0.4, 0.5) is 0 Å². The molecule has 2 aliphatic rings. The van der Waals surface area contributed by atoms with Gasteiger partial charge in [-0.3, -0.25) is 0 Å². The fraction of sp³-hybridized carbons (Fsp3) is 1.00. The highest BCUT2D eigenvalue weighted by Gasteiger charge is 2.41. The zero-order valence-corrected chi connectivity index (χ0v) is 12.7. The first-order valence-electron chi connectivity index (χ1n) is 7.62. The third-order valence-corrected chi connectivity index (χ3v) is 5.45. The van der Waals surface area contributed by atoms with E-state index in [0.29, 0.717) is 5.54 Å². The Labute approximate surface area is 113 Å². The molecule has 1 N–H and O–H groups in total. The molecule has 2 atom stereocenters. The lowest BCUT2D eigenvalue weighted by molar-refractivity contribution is 0.00935. The normalized spacial score (nSPS) is 31.7. The molecule has 3 heteroatoms. The zero-order valence-electron chi connectivity index (χ0n) is 12.7. The molecule has 2 fully saturated rings. The van der Waals surface area contributed by atoms with E-state index in [-0.39, 0.29) is 0 Å². The van der Waals surface area contributed by atoms with Gasteiger partial charge in [-0.2, -0.15) is 0 Å². The average Bonchev–Trinajstić information content (AvgIpc) is 2.33. The van der Waals surface area contributed by atoms with Crippen molar-refractivity contribution < 1.29 is 0 Å². The smallest absolute Gasteiger partial charge is 0.0330 e. The van der Waals surface area contributed by atoms with E-state index in [1.165, 1.54) is 51.5 Å². The van der Waals surface area contributed by atoms with Crippen LogP contribution >= 0.6 is 0 Å². The molecule has 0 spiro atoms. The molecule has 106 valence electrons. The molecule has 0 aromatic heterocycles. The Morgan fingerprint density at radius 2 is 1.83 bits per heavy atom. The fourth-order valence-corrected chi connectivity index (χ4v) is 3.75. The van der Waals surface area contributed by atoms with Crippen molar-refractivity contribution in [3.8, 4) is 0 Å². The molecule has 0 amide bonds.